The summed E-state index contributed by atoms with van der Waals surface area (Å²) in [7, 11) is 0. The lowest BCUT2D eigenvalue weighted by atomic mass is 9.87. The molecule has 0 spiro atoms. The molecule has 0 radical (unpaired) electrons. The molecule has 4 rings (SSSR count). The standard InChI is InChI=1S/C19H26N4OS/c1-13-11-16-17(20-12-21-18(16)25-13)22-15-7-9-23(10-8-15)19(24)14-5-3-2-4-6-14/h11-12,14-15H,2-10H2,1H3,(H,20,21,22). The fourth-order valence-electron chi connectivity index (χ4n) is 4.14. The first-order chi connectivity index (χ1) is 12.2. The normalized spacial score (nSPS) is 20.1. The molecule has 1 aliphatic heterocycles. The first-order valence-electron chi connectivity index (χ1n) is 9.47. The van der Waals surface area contributed by atoms with Crippen molar-refractivity contribution in [1.29, 1.82) is 0 Å². The van der Waals surface area contributed by atoms with Crippen LogP contribution < -0.4 is 5.32 Å². The Morgan fingerprint density at radius 3 is 2.68 bits per heavy atom. The van der Waals surface area contributed by atoms with Crippen molar-refractivity contribution in [3.63, 3.8) is 0 Å². The Morgan fingerprint density at radius 2 is 1.92 bits per heavy atom. The molecule has 134 valence electrons. The van der Waals surface area contributed by atoms with Gasteiger partial charge >= 0.3 is 0 Å². The summed E-state index contributed by atoms with van der Waals surface area (Å²) in [6.45, 7) is 3.83. The summed E-state index contributed by atoms with van der Waals surface area (Å²) in [4.78, 5) is 25.9. The van der Waals surface area contributed by atoms with E-state index in [0.29, 0.717) is 11.9 Å². The second-order valence-corrected chi connectivity index (χ2v) is 8.61. The zero-order chi connectivity index (χ0) is 17.2. The number of hydrogen-bond donors (Lipinski definition) is 1. The van der Waals surface area contributed by atoms with Crippen LogP contribution in [0.25, 0.3) is 10.2 Å². The quantitative estimate of drug-likeness (QED) is 0.901. The van der Waals surface area contributed by atoms with Crippen molar-refractivity contribution in [3.8, 4) is 0 Å². The summed E-state index contributed by atoms with van der Waals surface area (Å²) >= 11 is 1.70. The third-order valence-electron chi connectivity index (χ3n) is 5.55. The van der Waals surface area contributed by atoms with Crippen LogP contribution >= 0.6 is 11.3 Å². The number of fused-ring (bicyclic) bond motifs is 1. The largest absolute Gasteiger partial charge is 0.367 e. The topological polar surface area (TPSA) is 58.1 Å². The van der Waals surface area contributed by atoms with E-state index in [-0.39, 0.29) is 5.92 Å². The van der Waals surface area contributed by atoms with Gasteiger partial charge in [0.2, 0.25) is 5.91 Å². The van der Waals surface area contributed by atoms with E-state index in [1.54, 1.807) is 17.7 Å². The Bertz CT molecular complexity index is 745. The molecule has 1 saturated heterocycles. The molecule has 5 nitrogen and oxygen atoms in total. The second kappa shape index (κ2) is 7.28. The molecule has 3 heterocycles. The second-order valence-electron chi connectivity index (χ2n) is 7.38. The zero-order valence-corrected chi connectivity index (χ0v) is 15.6. The van der Waals surface area contributed by atoms with Gasteiger partial charge in [0.15, 0.2) is 0 Å². The first-order valence-corrected chi connectivity index (χ1v) is 10.3. The van der Waals surface area contributed by atoms with Crippen LogP contribution in [0.3, 0.4) is 0 Å². The van der Waals surface area contributed by atoms with Gasteiger partial charge in [-0.25, -0.2) is 9.97 Å². The van der Waals surface area contributed by atoms with Crippen molar-refractivity contribution in [2.75, 3.05) is 18.4 Å². The Balaban J connectivity index is 1.36. The fourth-order valence-corrected chi connectivity index (χ4v) is 4.98. The number of likely N-dealkylation sites (tertiary alicyclic amines) is 1. The van der Waals surface area contributed by atoms with Gasteiger partial charge in [-0.05, 0) is 38.7 Å². The number of nitrogens with one attached hydrogen (secondary N) is 1. The lowest BCUT2D eigenvalue weighted by Crippen LogP contribution is -2.45. The Morgan fingerprint density at radius 1 is 1.16 bits per heavy atom. The molecule has 2 aromatic heterocycles. The molecule has 2 aliphatic rings. The van der Waals surface area contributed by atoms with Crippen LogP contribution in [0.2, 0.25) is 0 Å². The molecule has 0 unspecified atom stereocenters. The van der Waals surface area contributed by atoms with E-state index in [1.807, 2.05) is 0 Å². The van der Waals surface area contributed by atoms with Gasteiger partial charge < -0.3 is 10.2 Å². The van der Waals surface area contributed by atoms with Gasteiger partial charge in [-0.1, -0.05) is 19.3 Å². The highest BCUT2D eigenvalue weighted by Crippen LogP contribution is 2.30. The number of amides is 1. The fraction of sp³-hybridized carbons (Fsp3) is 0.632. The highest BCUT2D eigenvalue weighted by molar-refractivity contribution is 7.18. The van der Waals surface area contributed by atoms with Crippen LogP contribution in [-0.4, -0.2) is 39.9 Å². The van der Waals surface area contributed by atoms with E-state index in [1.165, 1.54) is 24.1 Å². The van der Waals surface area contributed by atoms with Crippen molar-refractivity contribution in [2.45, 2.75) is 57.9 Å². The summed E-state index contributed by atoms with van der Waals surface area (Å²) in [5.41, 5.74) is 0. The lowest BCUT2D eigenvalue weighted by Gasteiger charge is -2.35. The van der Waals surface area contributed by atoms with Crippen LogP contribution in [-0.2, 0) is 4.79 Å². The molecule has 2 aromatic rings. The van der Waals surface area contributed by atoms with E-state index in [4.69, 9.17) is 0 Å². The molecule has 1 aliphatic carbocycles. The number of aromatic nitrogens is 2. The summed E-state index contributed by atoms with van der Waals surface area (Å²) in [6.07, 6.45) is 9.55. The Labute approximate surface area is 152 Å². The van der Waals surface area contributed by atoms with Crippen molar-refractivity contribution >= 4 is 33.3 Å². The molecular weight excluding hydrogens is 332 g/mol. The highest BCUT2D eigenvalue weighted by atomic mass is 32.1. The number of carbonyl (C=O) groups is 1. The maximum Gasteiger partial charge on any atom is 0.225 e. The maximum absolute atomic E-state index is 12.7. The van der Waals surface area contributed by atoms with Crippen molar-refractivity contribution in [3.05, 3.63) is 17.3 Å². The number of nitrogens with zero attached hydrogens (tertiary/aromatic N) is 3. The molecule has 2 fully saturated rings. The summed E-state index contributed by atoms with van der Waals surface area (Å²) in [5, 5.41) is 4.71. The Hall–Kier alpha value is -1.69. The molecule has 1 N–H and O–H groups in total. The van der Waals surface area contributed by atoms with E-state index in [2.05, 4.69) is 33.2 Å². The number of aryl methyl sites for hydroxylation is 1. The van der Waals surface area contributed by atoms with Gasteiger partial charge in [-0.15, -0.1) is 11.3 Å². The van der Waals surface area contributed by atoms with Crippen LogP contribution in [0.5, 0.6) is 0 Å². The minimum absolute atomic E-state index is 0.286. The third-order valence-corrected chi connectivity index (χ3v) is 6.51. The van der Waals surface area contributed by atoms with Crippen molar-refractivity contribution in [2.24, 2.45) is 5.92 Å². The van der Waals surface area contributed by atoms with E-state index >= 15 is 0 Å². The number of carbonyl (C=O) groups excluding carboxylic acids is 1. The van der Waals surface area contributed by atoms with E-state index < -0.39 is 0 Å². The molecule has 25 heavy (non-hydrogen) atoms. The molecule has 0 atom stereocenters. The molecule has 1 amide bonds. The van der Waals surface area contributed by atoms with E-state index in [0.717, 1.165) is 54.8 Å². The molecule has 1 saturated carbocycles. The lowest BCUT2D eigenvalue weighted by molar-refractivity contribution is -0.137. The molecule has 0 aromatic carbocycles. The predicted octanol–water partition coefficient (Wildman–Crippen LogP) is 3.98. The van der Waals surface area contributed by atoms with Crippen LogP contribution in [0.4, 0.5) is 5.82 Å². The summed E-state index contributed by atoms with van der Waals surface area (Å²) in [6, 6.07) is 2.54. The van der Waals surface area contributed by atoms with Crippen LogP contribution in [0.1, 0.15) is 49.8 Å². The first kappa shape index (κ1) is 16.8. The minimum atomic E-state index is 0.286. The van der Waals surface area contributed by atoms with Crippen molar-refractivity contribution < 1.29 is 4.79 Å². The average Bonchev–Trinajstić information content (AvgIpc) is 3.04. The average molecular weight is 359 g/mol. The highest BCUT2D eigenvalue weighted by Gasteiger charge is 2.29. The number of piperidine rings is 1. The maximum atomic E-state index is 12.7. The monoisotopic (exact) mass is 358 g/mol. The zero-order valence-electron chi connectivity index (χ0n) is 14.8. The Kier molecular flexibility index (Phi) is 4.88. The summed E-state index contributed by atoms with van der Waals surface area (Å²) in [5.74, 6) is 1.62. The number of rotatable bonds is 3. The van der Waals surface area contributed by atoms with Gasteiger partial charge in [0.1, 0.15) is 17.0 Å². The number of thiophene rings is 1. The van der Waals surface area contributed by atoms with Crippen LogP contribution in [0.15, 0.2) is 12.4 Å². The van der Waals surface area contributed by atoms with Gasteiger partial charge in [0.05, 0.1) is 5.39 Å². The van der Waals surface area contributed by atoms with Crippen LogP contribution in [0, 0.1) is 12.8 Å². The van der Waals surface area contributed by atoms with Gasteiger partial charge in [-0.2, -0.15) is 0 Å². The van der Waals surface area contributed by atoms with Crippen molar-refractivity contribution in [1.82, 2.24) is 14.9 Å². The smallest absolute Gasteiger partial charge is 0.225 e. The third kappa shape index (κ3) is 3.64. The molecule has 6 heteroatoms. The summed E-state index contributed by atoms with van der Waals surface area (Å²) < 4.78 is 0. The van der Waals surface area contributed by atoms with Gasteiger partial charge in [-0.3, -0.25) is 4.79 Å². The number of anilines is 1. The predicted molar refractivity (Wildman–Crippen MR) is 102 cm³/mol. The van der Waals surface area contributed by atoms with Gasteiger partial charge in [0.25, 0.3) is 0 Å². The van der Waals surface area contributed by atoms with E-state index in [9.17, 15) is 4.79 Å². The SMILES string of the molecule is Cc1cc2c(NC3CCN(C(=O)C4CCCCC4)CC3)ncnc2s1. The molecular formula is C19H26N4OS. The minimum Gasteiger partial charge on any atom is -0.367 e. The van der Waals surface area contributed by atoms with Gasteiger partial charge in [0, 0.05) is 29.9 Å². The number of hydrogen-bond acceptors (Lipinski definition) is 5. The molecule has 0 bridgehead atoms.